The first kappa shape index (κ1) is 23.1. The average Bonchev–Trinajstić information content (AvgIpc) is 3.25. The quantitative estimate of drug-likeness (QED) is 0.241. The SMILES string of the molecule is O=C(Cc1ccccc1)Nc1ccc(CNc2cc(-c3ccccc3Cl)nc3c(Br)cnn23)cc1. The minimum absolute atomic E-state index is 0.0439. The number of rotatable bonds is 7. The zero-order valence-corrected chi connectivity index (χ0v) is 20.9. The lowest BCUT2D eigenvalue weighted by atomic mass is 10.1. The highest BCUT2D eigenvalue weighted by Crippen LogP contribution is 2.30. The van der Waals surface area contributed by atoms with Crippen LogP contribution in [-0.2, 0) is 17.8 Å². The second-order valence-corrected chi connectivity index (χ2v) is 9.26. The van der Waals surface area contributed by atoms with Crippen LogP contribution >= 0.6 is 27.5 Å². The van der Waals surface area contributed by atoms with Gasteiger partial charge in [-0.15, -0.1) is 0 Å². The van der Waals surface area contributed by atoms with E-state index in [2.05, 4.69) is 31.7 Å². The van der Waals surface area contributed by atoms with Crippen LogP contribution in [0.5, 0.6) is 0 Å². The Hall–Kier alpha value is -3.68. The van der Waals surface area contributed by atoms with Gasteiger partial charge in [-0.1, -0.05) is 72.3 Å². The van der Waals surface area contributed by atoms with Crippen molar-refractivity contribution in [2.45, 2.75) is 13.0 Å². The van der Waals surface area contributed by atoms with Crippen LogP contribution in [0.1, 0.15) is 11.1 Å². The third-order valence-corrected chi connectivity index (χ3v) is 6.39. The molecule has 0 atom stereocenters. The van der Waals surface area contributed by atoms with E-state index < -0.39 is 0 Å². The molecule has 2 N–H and O–H groups in total. The number of halogens is 2. The summed E-state index contributed by atoms with van der Waals surface area (Å²) in [4.78, 5) is 17.1. The van der Waals surface area contributed by atoms with Crippen LogP contribution in [0, 0.1) is 0 Å². The van der Waals surface area contributed by atoms with Crippen molar-refractivity contribution in [1.29, 1.82) is 0 Å². The molecule has 6 nitrogen and oxygen atoms in total. The number of aromatic nitrogens is 3. The van der Waals surface area contributed by atoms with Crippen molar-refractivity contribution in [2.24, 2.45) is 0 Å². The van der Waals surface area contributed by atoms with E-state index in [1.54, 1.807) is 10.7 Å². The molecule has 0 saturated heterocycles. The molecule has 5 aromatic rings. The molecule has 174 valence electrons. The predicted octanol–water partition coefficient (Wildman–Crippen LogP) is 6.61. The number of amides is 1. The third-order valence-electron chi connectivity index (χ3n) is 5.50. The summed E-state index contributed by atoms with van der Waals surface area (Å²) in [6, 6.07) is 27.0. The topological polar surface area (TPSA) is 71.3 Å². The second-order valence-electron chi connectivity index (χ2n) is 8.00. The largest absolute Gasteiger partial charge is 0.366 e. The Kier molecular flexibility index (Phi) is 6.79. The molecular weight excluding hydrogens is 526 g/mol. The summed E-state index contributed by atoms with van der Waals surface area (Å²) < 4.78 is 2.55. The van der Waals surface area contributed by atoms with Crippen LogP contribution in [-0.4, -0.2) is 20.5 Å². The smallest absolute Gasteiger partial charge is 0.228 e. The van der Waals surface area contributed by atoms with Crippen LogP contribution in [0.4, 0.5) is 11.5 Å². The van der Waals surface area contributed by atoms with Crippen LogP contribution in [0.3, 0.4) is 0 Å². The van der Waals surface area contributed by atoms with Gasteiger partial charge in [0.1, 0.15) is 5.82 Å². The molecule has 0 bridgehead atoms. The molecule has 3 aromatic carbocycles. The van der Waals surface area contributed by atoms with Crippen LogP contribution in [0.25, 0.3) is 16.9 Å². The van der Waals surface area contributed by atoms with Gasteiger partial charge in [-0.3, -0.25) is 4.79 Å². The third kappa shape index (κ3) is 5.37. The minimum Gasteiger partial charge on any atom is -0.366 e. The van der Waals surface area contributed by atoms with E-state index in [0.717, 1.165) is 38.4 Å². The highest BCUT2D eigenvalue weighted by Gasteiger charge is 2.13. The molecule has 0 aliphatic carbocycles. The number of fused-ring (bicyclic) bond motifs is 1. The number of anilines is 2. The summed E-state index contributed by atoms with van der Waals surface area (Å²) in [5.74, 6) is 0.744. The van der Waals surface area contributed by atoms with Crippen molar-refractivity contribution < 1.29 is 4.79 Å². The fourth-order valence-electron chi connectivity index (χ4n) is 3.75. The number of nitrogens with one attached hydrogen (secondary N) is 2. The van der Waals surface area contributed by atoms with Crippen molar-refractivity contribution in [3.05, 3.63) is 112 Å². The van der Waals surface area contributed by atoms with E-state index in [9.17, 15) is 4.79 Å². The Morgan fingerprint density at radius 1 is 0.943 bits per heavy atom. The lowest BCUT2D eigenvalue weighted by Crippen LogP contribution is -2.14. The standard InChI is InChI=1S/C27H21BrClN5O/c28-22-17-31-34-25(15-24(33-27(22)34)21-8-4-5-9-23(21)29)30-16-19-10-12-20(13-11-19)32-26(35)14-18-6-2-1-3-7-18/h1-13,15,17,30H,14,16H2,(H,32,35). The second kappa shape index (κ2) is 10.3. The number of hydrogen-bond acceptors (Lipinski definition) is 4. The van der Waals surface area contributed by atoms with Gasteiger partial charge in [-0.05, 0) is 45.3 Å². The minimum atomic E-state index is -0.0439. The monoisotopic (exact) mass is 545 g/mol. The van der Waals surface area contributed by atoms with Gasteiger partial charge < -0.3 is 10.6 Å². The summed E-state index contributed by atoms with van der Waals surface area (Å²) in [5, 5.41) is 11.5. The highest BCUT2D eigenvalue weighted by molar-refractivity contribution is 9.10. The van der Waals surface area contributed by atoms with Gasteiger partial charge in [0, 0.05) is 28.9 Å². The molecule has 0 spiro atoms. The number of hydrogen-bond donors (Lipinski definition) is 2. The molecule has 0 fully saturated rings. The van der Waals surface area contributed by atoms with Gasteiger partial charge in [-0.2, -0.15) is 9.61 Å². The molecule has 5 rings (SSSR count). The summed E-state index contributed by atoms with van der Waals surface area (Å²) >= 11 is 9.95. The zero-order valence-electron chi connectivity index (χ0n) is 18.6. The zero-order chi connectivity index (χ0) is 24.2. The maximum absolute atomic E-state index is 12.3. The maximum Gasteiger partial charge on any atom is 0.228 e. The summed E-state index contributed by atoms with van der Waals surface area (Å²) in [6.45, 7) is 0.566. The first-order valence-electron chi connectivity index (χ1n) is 11.0. The molecule has 8 heteroatoms. The van der Waals surface area contributed by atoms with E-state index in [1.807, 2.05) is 84.9 Å². The number of carbonyl (C=O) groups is 1. The fraction of sp³-hybridized carbons (Fsp3) is 0.0741. The van der Waals surface area contributed by atoms with E-state index in [4.69, 9.17) is 16.6 Å². The van der Waals surface area contributed by atoms with Crippen LogP contribution in [0.2, 0.25) is 5.02 Å². The predicted molar refractivity (Wildman–Crippen MR) is 144 cm³/mol. The molecule has 0 saturated carbocycles. The first-order valence-corrected chi connectivity index (χ1v) is 12.2. The van der Waals surface area contributed by atoms with Crippen LogP contribution in [0.15, 0.2) is 95.6 Å². The molecule has 0 aliphatic rings. The molecule has 0 aliphatic heterocycles. The summed E-state index contributed by atoms with van der Waals surface area (Å²) in [6.07, 6.45) is 2.06. The van der Waals surface area contributed by atoms with Crippen molar-refractivity contribution in [3.8, 4) is 11.3 Å². The van der Waals surface area contributed by atoms with E-state index >= 15 is 0 Å². The fourth-order valence-corrected chi connectivity index (χ4v) is 4.33. The maximum atomic E-state index is 12.3. The van der Waals surface area contributed by atoms with Gasteiger partial charge in [0.25, 0.3) is 0 Å². The Morgan fingerprint density at radius 3 is 2.46 bits per heavy atom. The molecule has 0 radical (unpaired) electrons. The molecule has 2 aromatic heterocycles. The first-order chi connectivity index (χ1) is 17.1. The number of nitrogens with zero attached hydrogens (tertiary/aromatic N) is 3. The molecular formula is C27H21BrClN5O. The molecule has 0 unspecified atom stereocenters. The normalized spacial score (nSPS) is 10.9. The van der Waals surface area contributed by atoms with Gasteiger partial charge in [0.15, 0.2) is 5.65 Å². The van der Waals surface area contributed by atoms with E-state index in [1.165, 1.54) is 0 Å². The Bertz CT molecular complexity index is 1490. The van der Waals surface area contributed by atoms with E-state index in [-0.39, 0.29) is 5.91 Å². The van der Waals surface area contributed by atoms with Crippen molar-refractivity contribution in [2.75, 3.05) is 10.6 Å². The molecule has 35 heavy (non-hydrogen) atoms. The summed E-state index contributed by atoms with van der Waals surface area (Å²) in [5.41, 5.74) is 5.10. The van der Waals surface area contributed by atoms with Crippen molar-refractivity contribution in [1.82, 2.24) is 14.6 Å². The average molecular weight is 547 g/mol. The van der Waals surface area contributed by atoms with Gasteiger partial charge in [0.05, 0.1) is 22.8 Å². The Morgan fingerprint density at radius 2 is 1.69 bits per heavy atom. The Balaban J connectivity index is 1.30. The molecule has 2 heterocycles. The van der Waals surface area contributed by atoms with Crippen molar-refractivity contribution in [3.63, 3.8) is 0 Å². The van der Waals surface area contributed by atoms with Crippen LogP contribution < -0.4 is 10.6 Å². The lowest BCUT2D eigenvalue weighted by molar-refractivity contribution is -0.115. The van der Waals surface area contributed by atoms with Gasteiger partial charge in [0.2, 0.25) is 5.91 Å². The highest BCUT2D eigenvalue weighted by atomic mass is 79.9. The lowest BCUT2D eigenvalue weighted by Gasteiger charge is -2.12. The van der Waals surface area contributed by atoms with Gasteiger partial charge >= 0.3 is 0 Å². The number of benzene rings is 3. The summed E-state index contributed by atoms with van der Waals surface area (Å²) in [7, 11) is 0. The molecule has 1 amide bonds. The van der Waals surface area contributed by atoms with Crippen molar-refractivity contribution >= 4 is 50.6 Å². The van der Waals surface area contributed by atoms with E-state index in [0.29, 0.717) is 23.6 Å². The number of carbonyl (C=O) groups excluding carboxylic acids is 1. The van der Waals surface area contributed by atoms with Gasteiger partial charge in [-0.25, -0.2) is 4.98 Å². The Labute approximate surface area is 216 Å².